The largest absolute Gasteiger partial charge is 0.290 e. The van der Waals surface area contributed by atoms with E-state index in [0.717, 1.165) is 13.1 Å². The summed E-state index contributed by atoms with van der Waals surface area (Å²) in [6.45, 7) is 7.07. The Morgan fingerprint density at radius 2 is 1.56 bits per heavy atom. The first-order valence-electron chi connectivity index (χ1n) is 3.20. The molecule has 0 aliphatic carbocycles. The van der Waals surface area contributed by atoms with Gasteiger partial charge in [0.05, 0.1) is 0 Å². The van der Waals surface area contributed by atoms with Gasteiger partial charge in [0.25, 0.3) is 0 Å². The van der Waals surface area contributed by atoms with E-state index < -0.39 is 7.44 Å². The molecule has 0 atom stereocenters. The van der Waals surface area contributed by atoms with Gasteiger partial charge in [0.1, 0.15) is 0 Å². The zero-order valence-electron chi connectivity index (χ0n) is 6.27. The van der Waals surface area contributed by atoms with Crippen molar-refractivity contribution in [2.45, 2.75) is 13.8 Å². The van der Waals surface area contributed by atoms with Gasteiger partial charge >= 0.3 is 0 Å². The zero-order valence-corrected chi connectivity index (χ0v) is 7.16. The summed E-state index contributed by atoms with van der Waals surface area (Å²) in [5.74, 6) is 0. The van der Waals surface area contributed by atoms with E-state index in [-0.39, 0.29) is 0 Å². The molecule has 56 valence electrons. The lowest BCUT2D eigenvalue weighted by molar-refractivity contribution is 0.560. The quantitative estimate of drug-likeness (QED) is 0.588. The molecule has 2 N–H and O–H groups in total. The highest BCUT2D eigenvalue weighted by atomic mass is 31.2. The Balaban J connectivity index is 3.58. The summed E-state index contributed by atoms with van der Waals surface area (Å²) in [4.78, 5) is 0. The summed E-state index contributed by atoms with van der Waals surface area (Å²) in [6, 6.07) is 0. The molecular formula is C5H15N2OP. The van der Waals surface area contributed by atoms with Gasteiger partial charge in [-0.05, 0) is 13.1 Å². The van der Waals surface area contributed by atoms with Gasteiger partial charge in [0.15, 0.2) is 0 Å². The van der Waals surface area contributed by atoms with E-state index in [2.05, 4.69) is 10.2 Å². The smallest absolute Gasteiger partial charge is 0.208 e. The molecule has 4 heteroatoms. The highest BCUT2D eigenvalue weighted by Gasteiger charge is 2.08. The molecule has 3 nitrogen and oxygen atoms in total. The summed E-state index contributed by atoms with van der Waals surface area (Å²) >= 11 is 0. The first kappa shape index (κ1) is 9.15. The maximum Gasteiger partial charge on any atom is 0.208 e. The van der Waals surface area contributed by atoms with Crippen molar-refractivity contribution < 1.29 is 4.57 Å². The minimum atomic E-state index is -2.19. The lowest BCUT2D eigenvalue weighted by Crippen LogP contribution is -2.20. The number of rotatable bonds is 4. The van der Waals surface area contributed by atoms with E-state index >= 15 is 0 Å². The van der Waals surface area contributed by atoms with Crippen LogP contribution in [0.4, 0.5) is 0 Å². The molecule has 0 fully saturated rings. The van der Waals surface area contributed by atoms with Gasteiger partial charge in [-0.15, -0.1) is 0 Å². The minimum Gasteiger partial charge on any atom is -0.290 e. The van der Waals surface area contributed by atoms with Crippen LogP contribution in [0.5, 0.6) is 0 Å². The molecule has 0 aromatic carbocycles. The molecule has 0 aliphatic rings. The first-order chi connectivity index (χ1) is 4.12. The van der Waals surface area contributed by atoms with Crippen LogP contribution in [0, 0.1) is 0 Å². The Morgan fingerprint density at radius 3 is 1.78 bits per heavy atom. The molecule has 0 aromatic heterocycles. The van der Waals surface area contributed by atoms with Crippen molar-refractivity contribution in [1.29, 1.82) is 0 Å². The number of hydrogen-bond acceptors (Lipinski definition) is 1. The second-order valence-electron chi connectivity index (χ2n) is 1.95. The molecule has 0 unspecified atom stereocenters. The van der Waals surface area contributed by atoms with Crippen molar-refractivity contribution >= 4 is 7.44 Å². The van der Waals surface area contributed by atoms with Gasteiger partial charge in [0.2, 0.25) is 7.44 Å². The van der Waals surface area contributed by atoms with Crippen molar-refractivity contribution in [2.75, 3.05) is 19.8 Å². The molecule has 0 aromatic rings. The minimum absolute atomic E-state index is 0.751. The van der Waals surface area contributed by atoms with Crippen LogP contribution in [0.3, 0.4) is 0 Å². The fourth-order valence-electron chi connectivity index (χ4n) is 0.659. The maximum atomic E-state index is 11.2. The van der Waals surface area contributed by atoms with E-state index in [0.29, 0.717) is 0 Å². The van der Waals surface area contributed by atoms with Crippen LogP contribution in [-0.2, 0) is 4.57 Å². The van der Waals surface area contributed by atoms with Crippen LogP contribution in [0.1, 0.15) is 13.8 Å². The molecule has 0 amide bonds. The summed E-state index contributed by atoms with van der Waals surface area (Å²) in [6.07, 6.45) is 0. The van der Waals surface area contributed by atoms with Crippen LogP contribution >= 0.6 is 7.44 Å². The second-order valence-corrected chi connectivity index (χ2v) is 4.43. The molecule has 0 spiro atoms. The average molecular weight is 150 g/mol. The normalized spacial score (nSPS) is 11.9. The molecule has 9 heavy (non-hydrogen) atoms. The SMILES string of the molecule is CCNP(C)(=O)NCC. The van der Waals surface area contributed by atoms with Crippen molar-refractivity contribution in [3.63, 3.8) is 0 Å². The molecule has 0 saturated heterocycles. The predicted molar refractivity (Wildman–Crippen MR) is 40.9 cm³/mol. The summed E-state index contributed by atoms with van der Waals surface area (Å²) in [5.41, 5.74) is 0. The third kappa shape index (κ3) is 4.64. The summed E-state index contributed by atoms with van der Waals surface area (Å²) in [7, 11) is -2.19. The Labute approximate surface area is 56.7 Å². The van der Waals surface area contributed by atoms with Crippen LogP contribution in [0.2, 0.25) is 0 Å². The summed E-state index contributed by atoms with van der Waals surface area (Å²) in [5, 5.41) is 5.73. The Hall–Kier alpha value is 0.150. The molecule has 0 aliphatic heterocycles. The highest BCUT2D eigenvalue weighted by Crippen LogP contribution is 2.28. The molecule has 0 bridgehead atoms. The molecular weight excluding hydrogens is 135 g/mol. The molecule has 0 heterocycles. The standard InChI is InChI=1S/C5H15N2OP/c1-4-6-9(3,8)7-5-2/h4-5H2,1-3H3,(H2,6,7,8). The van der Waals surface area contributed by atoms with Gasteiger partial charge in [-0.25, -0.2) is 0 Å². The van der Waals surface area contributed by atoms with E-state index in [4.69, 9.17) is 0 Å². The Kier molecular flexibility index (Phi) is 4.11. The van der Waals surface area contributed by atoms with Gasteiger partial charge in [-0.1, -0.05) is 13.8 Å². The van der Waals surface area contributed by atoms with Gasteiger partial charge in [-0.2, -0.15) is 0 Å². The van der Waals surface area contributed by atoms with Gasteiger partial charge in [-0.3, -0.25) is 14.7 Å². The van der Waals surface area contributed by atoms with Crippen LogP contribution in [0.15, 0.2) is 0 Å². The molecule has 0 radical (unpaired) electrons. The Morgan fingerprint density at radius 1 is 1.22 bits per heavy atom. The first-order valence-corrected chi connectivity index (χ1v) is 5.35. The third-order valence-corrected chi connectivity index (χ3v) is 2.76. The number of nitrogens with one attached hydrogen (secondary N) is 2. The second kappa shape index (κ2) is 4.04. The zero-order chi connectivity index (χ0) is 7.33. The third-order valence-electron chi connectivity index (χ3n) is 0.920. The topological polar surface area (TPSA) is 41.1 Å². The van der Waals surface area contributed by atoms with Crippen molar-refractivity contribution in [3.8, 4) is 0 Å². The van der Waals surface area contributed by atoms with Crippen LogP contribution < -0.4 is 10.2 Å². The lowest BCUT2D eigenvalue weighted by Gasteiger charge is -2.12. The van der Waals surface area contributed by atoms with Crippen molar-refractivity contribution in [2.24, 2.45) is 0 Å². The van der Waals surface area contributed by atoms with E-state index in [1.807, 2.05) is 13.8 Å². The molecule has 0 saturated carbocycles. The lowest BCUT2D eigenvalue weighted by atomic mass is 10.8. The van der Waals surface area contributed by atoms with E-state index in [9.17, 15) is 4.57 Å². The average Bonchev–Trinajstić information content (AvgIpc) is 1.64. The summed E-state index contributed by atoms with van der Waals surface area (Å²) < 4.78 is 11.2. The van der Waals surface area contributed by atoms with E-state index in [1.165, 1.54) is 0 Å². The number of hydrogen-bond donors (Lipinski definition) is 2. The molecule has 0 rings (SSSR count). The fourth-order valence-corrected chi connectivity index (χ4v) is 1.98. The highest BCUT2D eigenvalue weighted by molar-refractivity contribution is 7.58. The van der Waals surface area contributed by atoms with Crippen molar-refractivity contribution in [3.05, 3.63) is 0 Å². The van der Waals surface area contributed by atoms with Gasteiger partial charge in [0, 0.05) is 6.66 Å². The van der Waals surface area contributed by atoms with Crippen molar-refractivity contribution in [1.82, 2.24) is 10.2 Å². The monoisotopic (exact) mass is 150 g/mol. The van der Waals surface area contributed by atoms with E-state index in [1.54, 1.807) is 6.66 Å². The maximum absolute atomic E-state index is 11.2. The van der Waals surface area contributed by atoms with Gasteiger partial charge < -0.3 is 0 Å². The predicted octanol–water partition coefficient (Wildman–Crippen LogP) is 1.03. The van der Waals surface area contributed by atoms with Crippen LogP contribution in [0.25, 0.3) is 0 Å². The Bertz CT molecular complexity index is 106. The van der Waals surface area contributed by atoms with Crippen LogP contribution in [-0.4, -0.2) is 19.8 Å². The fraction of sp³-hybridized carbons (Fsp3) is 1.00.